The minimum absolute atomic E-state index is 0. The Labute approximate surface area is 185 Å². The molecule has 0 saturated carbocycles. The van der Waals surface area contributed by atoms with E-state index in [0.29, 0.717) is 12.8 Å². The summed E-state index contributed by atoms with van der Waals surface area (Å²) in [5.74, 6) is 0. The van der Waals surface area contributed by atoms with Crippen LogP contribution in [0.3, 0.4) is 0 Å². The predicted molar refractivity (Wildman–Crippen MR) is 104 cm³/mol. The van der Waals surface area contributed by atoms with Gasteiger partial charge in [0.05, 0.1) is 6.10 Å². The van der Waals surface area contributed by atoms with E-state index < -0.39 is 16.5 Å². The van der Waals surface area contributed by atoms with Crippen molar-refractivity contribution in [2.24, 2.45) is 0 Å². The summed E-state index contributed by atoms with van der Waals surface area (Å²) >= 11 is 0. The summed E-state index contributed by atoms with van der Waals surface area (Å²) in [6.07, 6.45) is 18.9. The van der Waals surface area contributed by atoms with Crippen LogP contribution in [0.1, 0.15) is 123 Å². The molecule has 0 spiro atoms. The van der Waals surface area contributed by atoms with Gasteiger partial charge in [0, 0.05) is 0 Å². The number of hydrogen-bond donors (Lipinski definition) is 0. The summed E-state index contributed by atoms with van der Waals surface area (Å²) < 4.78 is 37.5. The molecule has 0 rings (SSSR count). The average molecular weight is 401 g/mol. The molecule has 0 aliphatic heterocycles. The Balaban J connectivity index is 0. The van der Waals surface area contributed by atoms with E-state index in [1.165, 1.54) is 70.6 Å². The molecule has 1 atom stereocenters. The van der Waals surface area contributed by atoms with Crippen molar-refractivity contribution in [2.45, 2.75) is 129 Å². The van der Waals surface area contributed by atoms with Gasteiger partial charge in [-0.2, -0.15) is 0 Å². The summed E-state index contributed by atoms with van der Waals surface area (Å²) in [4.78, 5) is 0. The van der Waals surface area contributed by atoms with Crippen molar-refractivity contribution in [2.75, 3.05) is 0 Å². The molecule has 0 aromatic heterocycles. The van der Waals surface area contributed by atoms with Crippen molar-refractivity contribution >= 4 is 10.4 Å². The zero-order chi connectivity index (χ0) is 18.8. The molecule has 6 heteroatoms. The Kier molecular flexibility index (Phi) is 23.0. The maximum atomic E-state index is 10.9. The van der Waals surface area contributed by atoms with Crippen molar-refractivity contribution in [1.29, 1.82) is 0 Å². The predicted octanol–water partition coefficient (Wildman–Crippen LogP) is 3.51. The van der Waals surface area contributed by atoms with E-state index in [1.54, 1.807) is 0 Å². The van der Waals surface area contributed by atoms with Crippen LogP contribution in [0.5, 0.6) is 0 Å². The van der Waals surface area contributed by atoms with Crippen LogP contribution in [0.25, 0.3) is 0 Å². The van der Waals surface area contributed by atoms with Crippen molar-refractivity contribution in [3.05, 3.63) is 0 Å². The van der Waals surface area contributed by atoms with Gasteiger partial charge in [0.25, 0.3) is 0 Å². The molecule has 1 unspecified atom stereocenters. The second kappa shape index (κ2) is 20.6. The molecule has 0 aliphatic rings. The van der Waals surface area contributed by atoms with Crippen LogP contribution in [-0.2, 0) is 14.6 Å². The van der Waals surface area contributed by atoms with Gasteiger partial charge in [0.15, 0.2) is 0 Å². The smallest absolute Gasteiger partial charge is 0.726 e. The quantitative estimate of drug-likeness (QED) is 0.144. The Morgan fingerprint density at radius 1 is 0.654 bits per heavy atom. The maximum Gasteiger partial charge on any atom is 1.00 e. The van der Waals surface area contributed by atoms with E-state index in [4.69, 9.17) is 4.18 Å². The Morgan fingerprint density at radius 2 is 0.962 bits per heavy atom. The third-order valence-electron chi connectivity index (χ3n) is 4.76. The molecule has 4 nitrogen and oxygen atoms in total. The molecule has 152 valence electrons. The van der Waals surface area contributed by atoms with Gasteiger partial charge in [-0.3, -0.25) is 4.18 Å². The largest absolute Gasteiger partial charge is 1.00 e. The first-order valence-electron chi connectivity index (χ1n) is 10.6. The van der Waals surface area contributed by atoms with Gasteiger partial charge < -0.3 is 4.55 Å². The minimum Gasteiger partial charge on any atom is -0.726 e. The fourth-order valence-electron chi connectivity index (χ4n) is 3.24. The molecule has 0 radical (unpaired) electrons. The van der Waals surface area contributed by atoms with E-state index in [2.05, 4.69) is 13.8 Å². The molecule has 0 N–H and O–H groups in total. The molecule has 0 amide bonds. The molecular weight excluding hydrogens is 359 g/mol. The van der Waals surface area contributed by atoms with Crippen molar-refractivity contribution in [3.63, 3.8) is 0 Å². The Morgan fingerprint density at radius 3 is 1.27 bits per heavy atom. The van der Waals surface area contributed by atoms with Gasteiger partial charge in [0.2, 0.25) is 10.4 Å². The second-order valence-corrected chi connectivity index (χ2v) is 8.31. The van der Waals surface area contributed by atoms with E-state index in [9.17, 15) is 13.0 Å². The normalized spacial score (nSPS) is 12.7. The Bertz CT molecular complexity index is 374. The van der Waals surface area contributed by atoms with Crippen molar-refractivity contribution in [3.8, 4) is 0 Å². The van der Waals surface area contributed by atoms with Crippen LogP contribution >= 0.6 is 0 Å². The fraction of sp³-hybridized carbons (Fsp3) is 1.00. The summed E-state index contributed by atoms with van der Waals surface area (Å²) in [5.41, 5.74) is 0. The SMILES string of the molecule is CCCCCCCCCCC(CCCCCCCCC)OS(=O)(=O)[O-].[Na+]. The topological polar surface area (TPSA) is 66.4 Å². The Hall–Kier alpha value is 0.870. The molecule has 26 heavy (non-hydrogen) atoms. The summed E-state index contributed by atoms with van der Waals surface area (Å²) in [6.45, 7) is 4.42. The van der Waals surface area contributed by atoms with Crippen LogP contribution in [0.4, 0.5) is 0 Å². The molecule has 0 aliphatic carbocycles. The van der Waals surface area contributed by atoms with Crippen LogP contribution < -0.4 is 29.6 Å². The zero-order valence-corrected chi connectivity index (χ0v) is 20.5. The molecule has 0 aromatic carbocycles. The zero-order valence-electron chi connectivity index (χ0n) is 17.6. The van der Waals surface area contributed by atoms with Gasteiger partial charge in [-0.05, 0) is 12.8 Å². The number of rotatable bonds is 19. The van der Waals surface area contributed by atoms with Crippen molar-refractivity contribution in [1.82, 2.24) is 0 Å². The fourth-order valence-corrected chi connectivity index (χ4v) is 3.77. The molecule has 0 heterocycles. The molecule has 0 fully saturated rings. The average Bonchev–Trinajstić information content (AvgIpc) is 2.54. The summed E-state index contributed by atoms with van der Waals surface area (Å²) in [5, 5.41) is 0. The van der Waals surface area contributed by atoms with Crippen LogP contribution in [0.2, 0.25) is 0 Å². The maximum absolute atomic E-state index is 10.9. The van der Waals surface area contributed by atoms with E-state index >= 15 is 0 Å². The summed E-state index contributed by atoms with van der Waals surface area (Å²) in [7, 11) is -4.59. The first-order valence-corrected chi connectivity index (χ1v) is 12.0. The molecular formula is C20H41NaO4S. The first-order chi connectivity index (χ1) is 12.0. The van der Waals surface area contributed by atoms with Crippen LogP contribution in [0, 0.1) is 0 Å². The molecule has 0 bridgehead atoms. The van der Waals surface area contributed by atoms with Gasteiger partial charge in [-0.25, -0.2) is 8.42 Å². The molecule has 0 aromatic rings. The summed E-state index contributed by atoms with van der Waals surface area (Å²) in [6, 6.07) is 0. The third kappa shape index (κ3) is 22.9. The number of hydrogen-bond acceptors (Lipinski definition) is 4. The molecule has 0 saturated heterocycles. The van der Waals surface area contributed by atoms with Crippen LogP contribution in [-0.4, -0.2) is 19.1 Å². The van der Waals surface area contributed by atoms with Gasteiger partial charge in [-0.1, -0.05) is 110 Å². The van der Waals surface area contributed by atoms with Gasteiger partial charge >= 0.3 is 29.6 Å². The van der Waals surface area contributed by atoms with Crippen LogP contribution in [0.15, 0.2) is 0 Å². The van der Waals surface area contributed by atoms with E-state index in [0.717, 1.165) is 25.7 Å². The monoisotopic (exact) mass is 400 g/mol. The standard InChI is InChI=1S/C20H42O4S.Na/c1-3-5-7-9-11-13-15-17-19-20(24-25(21,22)23)18-16-14-12-10-8-6-4-2;/h20H,3-19H2,1-2H3,(H,21,22,23);/q;+1/p-1. The van der Waals surface area contributed by atoms with Crippen molar-refractivity contribution < 1.29 is 46.7 Å². The number of unbranched alkanes of at least 4 members (excludes halogenated alkanes) is 13. The van der Waals surface area contributed by atoms with E-state index in [-0.39, 0.29) is 29.6 Å². The van der Waals surface area contributed by atoms with Gasteiger partial charge in [-0.15, -0.1) is 0 Å². The first kappa shape index (κ1) is 29.1. The third-order valence-corrected chi connectivity index (χ3v) is 5.27. The van der Waals surface area contributed by atoms with Gasteiger partial charge in [0.1, 0.15) is 0 Å². The minimum atomic E-state index is -4.59. The van der Waals surface area contributed by atoms with E-state index in [1.807, 2.05) is 0 Å². The second-order valence-electron chi connectivity index (χ2n) is 7.30.